The van der Waals surface area contributed by atoms with Crippen LogP contribution in [0.15, 0.2) is 0 Å². The van der Waals surface area contributed by atoms with E-state index in [-0.39, 0.29) is 17.5 Å². The van der Waals surface area contributed by atoms with Crippen LogP contribution < -0.4 is 0 Å². The average molecular weight is 283 g/mol. The number of carboxylic acids is 1. The number of piperazine rings is 1. The third-order valence-corrected chi connectivity index (χ3v) is 4.79. The Labute approximate surface area is 120 Å². The first-order valence-corrected chi connectivity index (χ1v) is 7.20. The molecule has 2 rings (SSSR count). The Balaban J connectivity index is 2.01. The van der Waals surface area contributed by atoms with E-state index in [1.165, 1.54) is 0 Å². The summed E-state index contributed by atoms with van der Waals surface area (Å²) in [5, 5.41) is 9.15. The molecule has 2 unspecified atom stereocenters. The van der Waals surface area contributed by atoms with Gasteiger partial charge in [-0.25, -0.2) is 4.79 Å². The topological polar surface area (TPSA) is 64.1 Å². The lowest BCUT2D eigenvalue weighted by molar-refractivity contribution is -0.142. The molecule has 2 saturated heterocycles. The van der Waals surface area contributed by atoms with Gasteiger partial charge >= 0.3 is 12.0 Å². The van der Waals surface area contributed by atoms with E-state index in [9.17, 15) is 9.59 Å². The number of aliphatic carboxylic acids is 1. The molecule has 20 heavy (non-hydrogen) atoms. The van der Waals surface area contributed by atoms with Gasteiger partial charge in [0, 0.05) is 38.3 Å². The standard InChI is InChI=1S/C14H25N3O3/c1-10-7-17(8-11(10)12(18)19)13(20)16-6-5-15(4)14(2,3)9-16/h10-11H,5-9H2,1-4H3,(H,18,19). The van der Waals surface area contributed by atoms with E-state index < -0.39 is 11.9 Å². The van der Waals surface area contributed by atoms with Crippen molar-refractivity contribution in [2.45, 2.75) is 26.3 Å². The third kappa shape index (κ3) is 2.75. The molecule has 0 saturated carbocycles. The van der Waals surface area contributed by atoms with Crippen LogP contribution in [0.25, 0.3) is 0 Å². The molecule has 2 aliphatic heterocycles. The van der Waals surface area contributed by atoms with Gasteiger partial charge in [-0.15, -0.1) is 0 Å². The zero-order valence-electron chi connectivity index (χ0n) is 12.8. The lowest BCUT2D eigenvalue weighted by Crippen LogP contribution is -2.60. The number of hydrogen-bond acceptors (Lipinski definition) is 3. The van der Waals surface area contributed by atoms with Gasteiger partial charge in [0.1, 0.15) is 0 Å². The van der Waals surface area contributed by atoms with Crippen LogP contribution in [0.1, 0.15) is 20.8 Å². The lowest BCUT2D eigenvalue weighted by Gasteiger charge is -2.46. The number of carbonyl (C=O) groups is 2. The summed E-state index contributed by atoms with van der Waals surface area (Å²) >= 11 is 0. The summed E-state index contributed by atoms with van der Waals surface area (Å²) in [4.78, 5) is 29.5. The molecule has 2 amide bonds. The van der Waals surface area contributed by atoms with Crippen molar-refractivity contribution in [1.82, 2.24) is 14.7 Å². The summed E-state index contributed by atoms with van der Waals surface area (Å²) in [7, 11) is 2.07. The normalized spacial score (nSPS) is 30.6. The lowest BCUT2D eigenvalue weighted by atomic mass is 9.99. The van der Waals surface area contributed by atoms with Crippen LogP contribution in [-0.2, 0) is 4.79 Å². The first-order valence-electron chi connectivity index (χ1n) is 7.20. The molecular formula is C14H25N3O3. The summed E-state index contributed by atoms with van der Waals surface area (Å²) in [6, 6.07) is -0.0122. The molecule has 0 aromatic carbocycles. The summed E-state index contributed by atoms with van der Waals surface area (Å²) in [6.07, 6.45) is 0. The molecule has 0 bridgehead atoms. The van der Waals surface area contributed by atoms with Gasteiger partial charge in [0.2, 0.25) is 0 Å². The maximum Gasteiger partial charge on any atom is 0.320 e. The predicted octanol–water partition coefficient (Wildman–Crippen LogP) is 0.785. The average Bonchev–Trinajstić information content (AvgIpc) is 2.74. The van der Waals surface area contributed by atoms with E-state index in [1.807, 2.05) is 11.8 Å². The van der Waals surface area contributed by atoms with Gasteiger partial charge in [-0.2, -0.15) is 0 Å². The largest absolute Gasteiger partial charge is 0.481 e. The second-order valence-corrected chi connectivity index (χ2v) is 6.77. The maximum atomic E-state index is 12.5. The Hall–Kier alpha value is -1.30. The highest BCUT2D eigenvalue weighted by atomic mass is 16.4. The Kier molecular flexibility index (Phi) is 3.95. The molecule has 2 atom stereocenters. The smallest absolute Gasteiger partial charge is 0.320 e. The monoisotopic (exact) mass is 283 g/mol. The molecule has 0 radical (unpaired) electrons. The Morgan fingerprint density at radius 2 is 1.80 bits per heavy atom. The second kappa shape index (κ2) is 5.24. The minimum absolute atomic E-state index is 0.0122. The van der Waals surface area contributed by atoms with Crippen molar-refractivity contribution >= 4 is 12.0 Å². The van der Waals surface area contributed by atoms with Crippen molar-refractivity contribution in [2.24, 2.45) is 11.8 Å². The van der Waals surface area contributed by atoms with Gasteiger partial charge in [0.05, 0.1) is 5.92 Å². The van der Waals surface area contributed by atoms with Gasteiger partial charge in [0.15, 0.2) is 0 Å². The number of rotatable bonds is 1. The van der Waals surface area contributed by atoms with E-state index in [2.05, 4.69) is 25.8 Å². The molecule has 2 fully saturated rings. The van der Waals surface area contributed by atoms with Crippen LogP contribution in [0.3, 0.4) is 0 Å². The fourth-order valence-electron chi connectivity index (χ4n) is 3.05. The van der Waals surface area contributed by atoms with Crippen molar-refractivity contribution in [3.63, 3.8) is 0 Å². The first kappa shape index (κ1) is 15.1. The molecule has 0 aliphatic carbocycles. The van der Waals surface area contributed by atoms with Crippen LogP contribution >= 0.6 is 0 Å². The Morgan fingerprint density at radius 3 is 2.30 bits per heavy atom. The van der Waals surface area contributed by atoms with Crippen LogP contribution in [0, 0.1) is 11.8 Å². The quantitative estimate of drug-likeness (QED) is 0.772. The van der Waals surface area contributed by atoms with Gasteiger partial charge in [-0.3, -0.25) is 9.69 Å². The zero-order chi connectivity index (χ0) is 15.1. The highest BCUT2D eigenvalue weighted by molar-refractivity contribution is 5.78. The van der Waals surface area contributed by atoms with Crippen LogP contribution in [0.5, 0.6) is 0 Å². The van der Waals surface area contributed by atoms with Crippen molar-refractivity contribution in [2.75, 3.05) is 39.8 Å². The predicted molar refractivity (Wildman–Crippen MR) is 75.5 cm³/mol. The Bertz CT molecular complexity index is 410. The van der Waals surface area contributed by atoms with E-state index in [4.69, 9.17) is 5.11 Å². The molecule has 1 N–H and O–H groups in total. The summed E-state index contributed by atoms with van der Waals surface area (Å²) in [6.45, 7) is 9.28. The number of carbonyl (C=O) groups excluding carboxylic acids is 1. The number of hydrogen-bond donors (Lipinski definition) is 1. The van der Waals surface area contributed by atoms with Crippen molar-refractivity contribution in [3.05, 3.63) is 0 Å². The number of urea groups is 1. The SMILES string of the molecule is CC1CN(C(=O)N2CCN(C)C(C)(C)C2)CC1C(=O)O. The van der Waals surface area contributed by atoms with Crippen LogP contribution in [0.4, 0.5) is 4.79 Å². The number of amides is 2. The molecule has 0 aromatic heterocycles. The molecule has 0 spiro atoms. The second-order valence-electron chi connectivity index (χ2n) is 6.77. The molecule has 6 heteroatoms. The zero-order valence-corrected chi connectivity index (χ0v) is 12.8. The Morgan fingerprint density at radius 1 is 1.15 bits per heavy atom. The number of likely N-dealkylation sites (N-methyl/N-ethyl adjacent to an activating group) is 1. The van der Waals surface area contributed by atoms with Crippen molar-refractivity contribution in [3.8, 4) is 0 Å². The highest BCUT2D eigenvalue weighted by Gasteiger charge is 2.40. The minimum Gasteiger partial charge on any atom is -0.481 e. The fourth-order valence-corrected chi connectivity index (χ4v) is 3.05. The van der Waals surface area contributed by atoms with E-state index in [0.29, 0.717) is 26.2 Å². The first-order chi connectivity index (χ1) is 9.22. The summed E-state index contributed by atoms with van der Waals surface area (Å²) in [5.74, 6) is -1.21. The molecular weight excluding hydrogens is 258 g/mol. The fraction of sp³-hybridized carbons (Fsp3) is 0.857. The number of likely N-dealkylation sites (tertiary alicyclic amines) is 1. The van der Waals surface area contributed by atoms with Crippen molar-refractivity contribution in [1.29, 1.82) is 0 Å². The molecule has 114 valence electrons. The van der Waals surface area contributed by atoms with Crippen LogP contribution in [0.2, 0.25) is 0 Å². The van der Waals surface area contributed by atoms with E-state index in [1.54, 1.807) is 4.90 Å². The van der Waals surface area contributed by atoms with Gasteiger partial charge in [0.25, 0.3) is 0 Å². The third-order valence-electron chi connectivity index (χ3n) is 4.79. The maximum absolute atomic E-state index is 12.5. The minimum atomic E-state index is -0.800. The van der Waals surface area contributed by atoms with E-state index >= 15 is 0 Å². The highest BCUT2D eigenvalue weighted by Crippen LogP contribution is 2.26. The molecule has 2 heterocycles. The van der Waals surface area contributed by atoms with Gasteiger partial charge in [-0.05, 0) is 26.8 Å². The summed E-state index contributed by atoms with van der Waals surface area (Å²) < 4.78 is 0. The van der Waals surface area contributed by atoms with Gasteiger partial charge in [-0.1, -0.05) is 6.92 Å². The number of carboxylic acid groups (broad SMARTS) is 1. The van der Waals surface area contributed by atoms with Crippen LogP contribution in [-0.4, -0.2) is 77.1 Å². The van der Waals surface area contributed by atoms with Crippen molar-refractivity contribution < 1.29 is 14.7 Å². The number of nitrogens with zero attached hydrogens (tertiary/aromatic N) is 3. The molecule has 0 aromatic rings. The van der Waals surface area contributed by atoms with E-state index in [0.717, 1.165) is 6.54 Å². The molecule has 2 aliphatic rings. The summed E-state index contributed by atoms with van der Waals surface area (Å²) in [5.41, 5.74) is -0.0363. The van der Waals surface area contributed by atoms with Gasteiger partial charge < -0.3 is 14.9 Å². The molecule has 6 nitrogen and oxygen atoms in total.